The molecule has 0 amide bonds. The molecule has 0 saturated carbocycles. The second-order valence-corrected chi connectivity index (χ2v) is 3.74. The highest BCUT2D eigenvalue weighted by Gasteiger charge is 2.59. The van der Waals surface area contributed by atoms with Gasteiger partial charge in [-0.25, -0.2) is 9.59 Å². The van der Waals surface area contributed by atoms with Crippen molar-refractivity contribution in [2.45, 2.75) is 37.9 Å². The van der Waals surface area contributed by atoms with Gasteiger partial charge in [0.15, 0.2) is 0 Å². The molecule has 2 atom stereocenters. The van der Waals surface area contributed by atoms with Gasteiger partial charge < -0.3 is 9.47 Å². The fourth-order valence-corrected chi connectivity index (χ4v) is 1.49. The maximum Gasteiger partial charge on any atom is 0.351 e. The fourth-order valence-electron chi connectivity index (χ4n) is 1.49. The van der Waals surface area contributed by atoms with E-state index in [1.54, 1.807) is 13.8 Å². The number of hydrogen-bond acceptors (Lipinski definition) is 4. The first-order chi connectivity index (χ1) is 5.46. The Kier molecular flexibility index (Phi) is 1.14. The zero-order valence-corrected chi connectivity index (χ0v) is 7.05. The van der Waals surface area contributed by atoms with Gasteiger partial charge in [-0.2, -0.15) is 0 Å². The number of rotatable bonds is 0. The zero-order valence-electron chi connectivity index (χ0n) is 7.05. The van der Waals surface area contributed by atoms with E-state index in [2.05, 4.69) is 0 Å². The van der Waals surface area contributed by atoms with Crippen LogP contribution in [-0.2, 0) is 19.1 Å². The van der Waals surface area contributed by atoms with E-state index in [0.29, 0.717) is 12.8 Å². The average Bonchev–Trinajstić information content (AvgIpc) is 1.96. The first-order valence-electron chi connectivity index (χ1n) is 3.93. The Balaban J connectivity index is 2.40. The molecule has 3 heterocycles. The van der Waals surface area contributed by atoms with Gasteiger partial charge in [0, 0.05) is 12.8 Å². The van der Waals surface area contributed by atoms with E-state index in [9.17, 15) is 9.59 Å². The second-order valence-electron chi connectivity index (χ2n) is 3.74. The van der Waals surface area contributed by atoms with E-state index in [0.717, 1.165) is 0 Å². The number of fused-ring (bicyclic) bond motifs is 3. The lowest BCUT2D eigenvalue weighted by Gasteiger charge is -2.46. The summed E-state index contributed by atoms with van der Waals surface area (Å²) >= 11 is 0. The molecule has 66 valence electrons. The lowest BCUT2D eigenvalue weighted by Crippen LogP contribution is -2.62. The van der Waals surface area contributed by atoms with E-state index in [1.165, 1.54) is 0 Å². The van der Waals surface area contributed by atoms with Crippen molar-refractivity contribution in [2.75, 3.05) is 0 Å². The molecule has 3 saturated heterocycles. The highest BCUT2D eigenvalue weighted by Crippen LogP contribution is 2.40. The van der Waals surface area contributed by atoms with Crippen LogP contribution in [-0.4, -0.2) is 23.1 Å². The molecule has 0 aromatic rings. The average molecular weight is 170 g/mol. The van der Waals surface area contributed by atoms with E-state index in [4.69, 9.17) is 9.47 Å². The van der Waals surface area contributed by atoms with Gasteiger partial charge in [-0.15, -0.1) is 0 Å². The lowest BCUT2D eigenvalue weighted by atomic mass is 9.84. The molecule has 3 aliphatic rings. The summed E-state index contributed by atoms with van der Waals surface area (Å²) in [5, 5.41) is 0. The highest BCUT2D eigenvalue weighted by atomic mass is 16.7. The summed E-state index contributed by atoms with van der Waals surface area (Å²) < 4.78 is 9.95. The Hall–Kier alpha value is -1.06. The maximum atomic E-state index is 11.2. The fraction of sp³-hybridized carbons (Fsp3) is 0.750. The van der Waals surface area contributed by atoms with Crippen LogP contribution in [0.25, 0.3) is 0 Å². The van der Waals surface area contributed by atoms with Crippen molar-refractivity contribution in [1.29, 1.82) is 0 Å². The summed E-state index contributed by atoms with van der Waals surface area (Å²) in [4.78, 5) is 22.5. The number of esters is 2. The Morgan fingerprint density at radius 3 is 1.58 bits per heavy atom. The van der Waals surface area contributed by atoms with Crippen LogP contribution >= 0.6 is 0 Å². The molecule has 3 aliphatic heterocycles. The standard InChI is InChI=1S/C8H10O4/c1-7-3-4-8(2,6(10)11-7)12-5(7)9/h3-4H2,1-2H3/t7-,8-/m1/s1. The molecule has 0 aromatic carbocycles. The van der Waals surface area contributed by atoms with Gasteiger partial charge in [-0.1, -0.05) is 0 Å². The molecular weight excluding hydrogens is 160 g/mol. The summed E-state index contributed by atoms with van der Waals surface area (Å²) in [6.07, 6.45) is 1.13. The second kappa shape index (κ2) is 1.81. The molecule has 2 bridgehead atoms. The molecular formula is C8H10O4. The lowest BCUT2D eigenvalue weighted by molar-refractivity contribution is -0.240. The third-order valence-corrected chi connectivity index (χ3v) is 2.58. The van der Waals surface area contributed by atoms with E-state index in [1.807, 2.05) is 0 Å². The minimum atomic E-state index is -1.02. The van der Waals surface area contributed by atoms with Crippen LogP contribution in [0.5, 0.6) is 0 Å². The van der Waals surface area contributed by atoms with Gasteiger partial charge in [0.2, 0.25) is 11.2 Å². The van der Waals surface area contributed by atoms with Crippen molar-refractivity contribution in [3.05, 3.63) is 0 Å². The van der Waals surface area contributed by atoms with Gasteiger partial charge >= 0.3 is 11.9 Å². The Morgan fingerprint density at radius 1 is 1.00 bits per heavy atom. The molecule has 3 fully saturated rings. The number of hydrogen-bond donors (Lipinski definition) is 0. The highest BCUT2D eigenvalue weighted by molar-refractivity contribution is 5.94. The van der Waals surface area contributed by atoms with Crippen LogP contribution in [0.4, 0.5) is 0 Å². The van der Waals surface area contributed by atoms with Gasteiger partial charge in [0.25, 0.3) is 0 Å². The Bertz CT molecular complexity index is 244. The van der Waals surface area contributed by atoms with E-state index in [-0.39, 0.29) is 0 Å². The summed E-state index contributed by atoms with van der Waals surface area (Å²) in [5.41, 5.74) is -2.04. The maximum absolute atomic E-state index is 11.2. The van der Waals surface area contributed by atoms with Crippen LogP contribution < -0.4 is 0 Å². The molecule has 0 aliphatic carbocycles. The smallest absolute Gasteiger partial charge is 0.351 e. The number of carbonyl (C=O) groups excluding carboxylic acids is 2. The first kappa shape index (κ1) is 7.58. The molecule has 0 aromatic heterocycles. The molecule has 12 heavy (non-hydrogen) atoms. The summed E-state index contributed by atoms with van der Waals surface area (Å²) in [7, 11) is 0. The van der Waals surface area contributed by atoms with Gasteiger partial charge in [0.1, 0.15) is 0 Å². The monoisotopic (exact) mass is 170 g/mol. The van der Waals surface area contributed by atoms with Gasteiger partial charge in [-0.3, -0.25) is 0 Å². The minimum Gasteiger partial charge on any atom is -0.444 e. The molecule has 4 heteroatoms. The van der Waals surface area contributed by atoms with E-state index >= 15 is 0 Å². The first-order valence-corrected chi connectivity index (χ1v) is 3.93. The quantitative estimate of drug-likeness (QED) is 0.494. The van der Waals surface area contributed by atoms with Crippen molar-refractivity contribution in [3.63, 3.8) is 0 Å². The largest absolute Gasteiger partial charge is 0.444 e. The van der Waals surface area contributed by atoms with Crippen LogP contribution in [0.15, 0.2) is 0 Å². The molecule has 0 radical (unpaired) electrons. The van der Waals surface area contributed by atoms with Crippen molar-refractivity contribution in [1.82, 2.24) is 0 Å². The van der Waals surface area contributed by atoms with Gasteiger partial charge in [-0.05, 0) is 13.8 Å². The van der Waals surface area contributed by atoms with Crippen LogP contribution in [0, 0.1) is 0 Å². The predicted molar refractivity (Wildman–Crippen MR) is 38.2 cm³/mol. The van der Waals surface area contributed by atoms with Crippen LogP contribution in [0.3, 0.4) is 0 Å². The molecule has 0 N–H and O–H groups in total. The number of carbonyl (C=O) groups is 2. The summed E-state index contributed by atoms with van der Waals surface area (Å²) in [6, 6.07) is 0. The third kappa shape index (κ3) is 0.722. The van der Waals surface area contributed by atoms with E-state index < -0.39 is 23.1 Å². The third-order valence-electron chi connectivity index (χ3n) is 2.58. The minimum absolute atomic E-state index is 0.421. The van der Waals surface area contributed by atoms with Crippen molar-refractivity contribution in [2.24, 2.45) is 0 Å². The predicted octanol–water partition coefficient (Wildman–Crippen LogP) is 0.398. The zero-order chi connectivity index (χ0) is 8.98. The molecule has 0 spiro atoms. The SMILES string of the molecule is C[C@@]12CC[C@@](C)(OC1=O)C(=O)O2. The van der Waals surface area contributed by atoms with Gasteiger partial charge in [0.05, 0.1) is 0 Å². The summed E-state index contributed by atoms with van der Waals surface area (Å²) in [6.45, 7) is 3.18. The van der Waals surface area contributed by atoms with Crippen LogP contribution in [0.2, 0.25) is 0 Å². The Labute approximate surface area is 69.8 Å². The summed E-state index contributed by atoms with van der Waals surface area (Å²) in [5.74, 6) is -0.841. The molecule has 3 rings (SSSR count). The van der Waals surface area contributed by atoms with Crippen molar-refractivity contribution >= 4 is 11.9 Å². The molecule has 4 nitrogen and oxygen atoms in total. The van der Waals surface area contributed by atoms with Crippen LogP contribution in [0.1, 0.15) is 26.7 Å². The van der Waals surface area contributed by atoms with Crippen molar-refractivity contribution in [3.8, 4) is 0 Å². The Morgan fingerprint density at radius 2 is 1.33 bits per heavy atom. The number of ether oxygens (including phenoxy) is 2. The van der Waals surface area contributed by atoms with Crippen molar-refractivity contribution < 1.29 is 19.1 Å². The molecule has 0 unspecified atom stereocenters. The normalized spacial score (nSPS) is 45.5. The topological polar surface area (TPSA) is 52.6 Å².